The van der Waals surface area contributed by atoms with E-state index in [9.17, 15) is 0 Å². The maximum atomic E-state index is 3.66. The van der Waals surface area contributed by atoms with Crippen molar-refractivity contribution >= 4 is 0 Å². The topological polar surface area (TPSA) is 0 Å². The minimum absolute atomic E-state index is 0.853. The number of hydrogen-bond acceptors (Lipinski definition) is 0. The fourth-order valence-corrected chi connectivity index (χ4v) is 1.56. The van der Waals surface area contributed by atoms with Gasteiger partial charge in [-0.25, -0.2) is 0 Å². The van der Waals surface area contributed by atoms with Gasteiger partial charge in [0.15, 0.2) is 0 Å². The van der Waals surface area contributed by atoms with Crippen molar-refractivity contribution in [3.05, 3.63) is 24.8 Å². The molecule has 0 heteroatoms. The third-order valence-corrected chi connectivity index (χ3v) is 2.17. The first kappa shape index (κ1) is 7.59. The van der Waals surface area contributed by atoms with Crippen molar-refractivity contribution in [1.82, 2.24) is 0 Å². The summed E-state index contributed by atoms with van der Waals surface area (Å²) >= 11 is 0. The molecule has 10 heavy (non-hydrogen) atoms. The smallest absolute Gasteiger partial charge is 0.0230 e. The molecule has 0 saturated heterocycles. The van der Waals surface area contributed by atoms with E-state index >= 15 is 0 Å². The molecule has 0 aromatic heterocycles. The molecular weight excluding hydrogens is 120 g/mol. The Morgan fingerprint density at radius 2 is 1.80 bits per heavy atom. The van der Waals surface area contributed by atoms with Gasteiger partial charge in [0.05, 0.1) is 0 Å². The van der Waals surface area contributed by atoms with Crippen molar-refractivity contribution in [3.63, 3.8) is 0 Å². The third-order valence-electron chi connectivity index (χ3n) is 2.17. The van der Waals surface area contributed by atoms with Gasteiger partial charge in [0.25, 0.3) is 0 Å². The minimum atomic E-state index is 0.853. The largest absolute Gasteiger partial charge is 0.0991 e. The SMILES string of the molecule is C=C/C=C/C1CCCCC1. The van der Waals surface area contributed by atoms with E-state index in [1.807, 2.05) is 6.08 Å². The molecule has 1 rings (SSSR count). The van der Waals surface area contributed by atoms with Gasteiger partial charge in [0, 0.05) is 0 Å². The van der Waals surface area contributed by atoms with E-state index in [1.165, 1.54) is 32.1 Å². The van der Waals surface area contributed by atoms with Crippen molar-refractivity contribution < 1.29 is 0 Å². The van der Waals surface area contributed by atoms with Crippen LogP contribution in [0, 0.1) is 5.92 Å². The van der Waals surface area contributed by atoms with Gasteiger partial charge >= 0.3 is 0 Å². The molecule has 0 unspecified atom stereocenters. The second-order valence-electron chi connectivity index (χ2n) is 3.02. The Bertz CT molecular complexity index is 116. The summed E-state index contributed by atoms with van der Waals surface area (Å²) in [6.45, 7) is 3.66. The average Bonchev–Trinajstić information content (AvgIpc) is 2.03. The van der Waals surface area contributed by atoms with E-state index in [0.29, 0.717) is 0 Å². The predicted octanol–water partition coefficient (Wildman–Crippen LogP) is 3.31. The number of allylic oxidation sites excluding steroid dienone is 3. The Hall–Kier alpha value is -0.520. The summed E-state index contributed by atoms with van der Waals surface area (Å²) in [5.74, 6) is 0.853. The van der Waals surface area contributed by atoms with Gasteiger partial charge in [-0.15, -0.1) is 0 Å². The lowest BCUT2D eigenvalue weighted by atomic mass is 9.89. The van der Waals surface area contributed by atoms with Gasteiger partial charge in [-0.1, -0.05) is 44.1 Å². The second-order valence-corrected chi connectivity index (χ2v) is 3.02. The van der Waals surface area contributed by atoms with E-state index < -0.39 is 0 Å². The van der Waals surface area contributed by atoms with Crippen LogP contribution in [-0.2, 0) is 0 Å². The van der Waals surface area contributed by atoms with Crippen LogP contribution in [0.1, 0.15) is 32.1 Å². The maximum Gasteiger partial charge on any atom is -0.0230 e. The summed E-state index contributed by atoms with van der Waals surface area (Å²) in [5, 5.41) is 0. The highest BCUT2D eigenvalue weighted by Crippen LogP contribution is 2.24. The van der Waals surface area contributed by atoms with Gasteiger partial charge in [-0.2, -0.15) is 0 Å². The Labute approximate surface area is 63.6 Å². The van der Waals surface area contributed by atoms with Crippen LogP contribution in [0.5, 0.6) is 0 Å². The third kappa shape index (κ3) is 2.38. The lowest BCUT2D eigenvalue weighted by Crippen LogP contribution is -2.02. The van der Waals surface area contributed by atoms with Crippen molar-refractivity contribution in [2.45, 2.75) is 32.1 Å². The molecule has 1 aliphatic carbocycles. The normalized spacial score (nSPS) is 21.6. The summed E-state index contributed by atoms with van der Waals surface area (Å²) in [4.78, 5) is 0. The molecule has 0 nitrogen and oxygen atoms in total. The van der Waals surface area contributed by atoms with Crippen LogP contribution in [-0.4, -0.2) is 0 Å². The first-order valence-corrected chi connectivity index (χ1v) is 4.22. The predicted molar refractivity (Wildman–Crippen MR) is 45.9 cm³/mol. The highest BCUT2D eigenvalue weighted by molar-refractivity contribution is 5.00. The molecule has 0 aromatic carbocycles. The molecule has 0 N–H and O–H groups in total. The molecule has 1 fully saturated rings. The Balaban J connectivity index is 2.25. The zero-order valence-electron chi connectivity index (χ0n) is 6.55. The van der Waals surface area contributed by atoms with Crippen molar-refractivity contribution in [3.8, 4) is 0 Å². The fraction of sp³-hybridized carbons (Fsp3) is 0.600. The van der Waals surface area contributed by atoms with Crippen LogP contribution in [0.25, 0.3) is 0 Å². The summed E-state index contributed by atoms with van der Waals surface area (Å²) in [6.07, 6.45) is 13.3. The minimum Gasteiger partial charge on any atom is -0.0991 e. The molecule has 0 spiro atoms. The molecule has 0 aromatic rings. The van der Waals surface area contributed by atoms with Gasteiger partial charge in [-0.3, -0.25) is 0 Å². The standard InChI is InChI=1S/C10H16/c1-2-3-7-10-8-5-4-6-9-10/h2-3,7,10H,1,4-6,8-9H2/b7-3+. The summed E-state index contributed by atoms with van der Waals surface area (Å²) in [5.41, 5.74) is 0. The van der Waals surface area contributed by atoms with E-state index in [1.54, 1.807) is 0 Å². The highest BCUT2D eigenvalue weighted by atomic mass is 14.1. The monoisotopic (exact) mass is 136 g/mol. The fourth-order valence-electron chi connectivity index (χ4n) is 1.56. The average molecular weight is 136 g/mol. The van der Waals surface area contributed by atoms with Crippen LogP contribution < -0.4 is 0 Å². The van der Waals surface area contributed by atoms with Gasteiger partial charge in [0.2, 0.25) is 0 Å². The molecule has 0 atom stereocenters. The van der Waals surface area contributed by atoms with Crippen molar-refractivity contribution in [1.29, 1.82) is 0 Å². The van der Waals surface area contributed by atoms with Gasteiger partial charge < -0.3 is 0 Å². The summed E-state index contributed by atoms with van der Waals surface area (Å²) in [7, 11) is 0. The maximum absolute atomic E-state index is 3.66. The molecule has 0 radical (unpaired) electrons. The first-order chi connectivity index (χ1) is 4.93. The quantitative estimate of drug-likeness (QED) is 0.511. The van der Waals surface area contributed by atoms with E-state index in [2.05, 4.69) is 18.7 Å². The number of hydrogen-bond donors (Lipinski definition) is 0. The Kier molecular flexibility index (Phi) is 3.28. The first-order valence-electron chi connectivity index (χ1n) is 4.22. The van der Waals surface area contributed by atoms with Crippen molar-refractivity contribution in [2.75, 3.05) is 0 Å². The lowest BCUT2D eigenvalue weighted by molar-refractivity contribution is 0.419. The summed E-state index contributed by atoms with van der Waals surface area (Å²) < 4.78 is 0. The lowest BCUT2D eigenvalue weighted by Gasteiger charge is -2.17. The van der Waals surface area contributed by atoms with Crippen LogP contribution in [0.2, 0.25) is 0 Å². The number of rotatable bonds is 2. The van der Waals surface area contributed by atoms with Crippen LogP contribution in [0.3, 0.4) is 0 Å². The zero-order chi connectivity index (χ0) is 7.23. The van der Waals surface area contributed by atoms with Crippen LogP contribution in [0.15, 0.2) is 24.8 Å². The Morgan fingerprint density at radius 3 is 2.40 bits per heavy atom. The molecule has 0 amide bonds. The molecule has 1 saturated carbocycles. The molecule has 1 aliphatic rings. The van der Waals surface area contributed by atoms with Crippen LogP contribution >= 0.6 is 0 Å². The van der Waals surface area contributed by atoms with Crippen molar-refractivity contribution in [2.24, 2.45) is 5.92 Å². The highest BCUT2D eigenvalue weighted by Gasteiger charge is 2.08. The molecular formula is C10H16. The molecule has 56 valence electrons. The Morgan fingerprint density at radius 1 is 1.10 bits per heavy atom. The zero-order valence-corrected chi connectivity index (χ0v) is 6.55. The summed E-state index contributed by atoms with van der Waals surface area (Å²) in [6, 6.07) is 0. The van der Waals surface area contributed by atoms with E-state index in [0.717, 1.165) is 5.92 Å². The van der Waals surface area contributed by atoms with Gasteiger partial charge in [0.1, 0.15) is 0 Å². The molecule has 0 aliphatic heterocycles. The molecule has 0 bridgehead atoms. The molecule has 0 heterocycles. The van der Waals surface area contributed by atoms with E-state index in [-0.39, 0.29) is 0 Å². The van der Waals surface area contributed by atoms with Crippen LogP contribution in [0.4, 0.5) is 0 Å². The van der Waals surface area contributed by atoms with E-state index in [4.69, 9.17) is 0 Å². The van der Waals surface area contributed by atoms with Gasteiger partial charge in [-0.05, 0) is 18.8 Å². The second kappa shape index (κ2) is 4.32.